The predicted molar refractivity (Wildman–Crippen MR) is 47.2 cm³/mol. The molecule has 1 aliphatic rings. The van der Waals surface area contributed by atoms with Crippen molar-refractivity contribution in [1.82, 2.24) is 5.32 Å². The van der Waals surface area contributed by atoms with Crippen LogP contribution in [0.2, 0.25) is 0 Å². The van der Waals surface area contributed by atoms with E-state index in [0.29, 0.717) is 6.04 Å². The van der Waals surface area contributed by atoms with Gasteiger partial charge in [-0.3, -0.25) is 0 Å². The summed E-state index contributed by atoms with van der Waals surface area (Å²) in [5, 5.41) is 3.36. The predicted octanol–water partition coefficient (Wildman–Crippen LogP) is 2.34. The van der Waals surface area contributed by atoms with Gasteiger partial charge in [-0.05, 0) is 26.3 Å². The van der Waals surface area contributed by atoms with Crippen LogP contribution in [-0.2, 0) is 0 Å². The zero-order valence-corrected chi connectivity index (χ0v) is 7.41. The fourth-order valence-corrected chi connectivity index (χ4v) is 1.11. The van der Waals surface area contributed by atoms with Crippen molar-refractivity contribution in [3.8, 4) is 0 Å². The summed E-state index contributed by atoms with van der Waals surface area (Å²) in [6.45, 7) is 11.1. The quantitative estimate of drug-likeness (QED) is 0.553. The van der Waals surface area contributed by atoms with Crippen LogP contribution in [-0.4, -0.2) is 12.6 Å². The van der Waals surface area contributed by atoms with Crippen molar-refractivity contribution in [2.75, 3.05) is 6.54 Å². The van der Waals surface area contributed by atoms with Crippen molar-refractivity contribution < 1.29 is 0 Å². The third-order valence-corrected chi connectivity index (χ3v) is 1.66. The van der Waals surface area contributed by atoms with Crippen LogP contribution >= 0.6 is 0 Å². The highest BCUT2D eigenvalue weighted by molar-refractivity contribution is 5.03. The van der Waals surface area contributed by atoms with E-state index >= 15 is 0 Å². The SMILES string of the molecule is C=C(C)[C@@H]1CCCN1.CC. The van der Waals surface area contributed by atoms with Crippen LogP contribution in [0.25, 0.3) is 0 Å². The van der Waals surface area contributed by atoms with Crippen molar-refractivity contribution in [2.24, 2.45) is 0 Å². The lowest BCUT2D eigenvalue weighted by Gasteiger charge is -2.06. The Morgan fingerprint density at radius 2 is 2.10 bits per heavy atom. The highest BCUT2D eigenvalue weighted by atomic mass is 14.9. The van der Waals surface area contributed by atoms with Gasteiger partial charge in [-0.15, -0.1) is 0 Å². The number of rotatable bonds is 1. The zero-order chi connectivity index (χ0) is 7.98. The maximum absolute atomic E-state index is 3.87. The van der Waals surface area contributed by atoms with Gasteiger partial charge in [0.1, 0.15) is 0 Å². The lowest BCUT2D eigenvalue weighted by Crippen LogP contribution is -2.21. The summed E-state index contributed by atoms with van der Waals surface area (Å²) in [7, 11) is 0. The molecule has 1 rings (SSSR count). The maximum atomic E-state index is 3.87. The van der Waals surface area contributed by atoms with E-state index in [1.807, 2.05) is 13.8 Å². The van der Waals surface area contributed by atoms with Crippen LogP contribution < -0.4 is 5.32 Å². The Balaban J connectivity index is 0.000000371. The minimum Gasteiger partial charge on any atom is -0.310 e. The van der Waals surface area contributed by atoms with Crippen molar-refractivity contribution >= 4 is 0 Å². The lowest BCUT2D eigenvalue weighted by molar-refractivity contribution is 0.692. The molecule has 1 atom stereocenters. The highest BCUT2D eigenvalue weighted by Crippen LogP contribution is 2.10. The first-order chi connectivity index (χ1) is 4.80. The molecule has 0 amide bonds. The fourth-order valence-electron chi connectivity index (χ4n) is 1.11. The van der Waals surface area contributed by atoms with Crippen LogP contribution in [0.4, 0.5) is 0 Å². The Morgan fingerprint density at radius 1 is 1.50 bits per heavy atom. The Bertz CT molecular complexity index is 90.9. The van der Waals surface area contributed by atoms with Crippen LogP contribution in [0, 0.1) is 0 Å². The Labute approximate surface area is 64.5 Å². The molecule has 1 saturated heterocycles. The van der Waals surface area contributed by atoms with Gasteiger partial charge in [0, 0.05) is 6.04 Å². The average Bonchev–Trinajstić information content (AvgIpc) is 2.42. The summed E-state index contributed by atoms with van der Waals surface area (Å²) in [5.41, 5.74) is 1.28. The van der Waals surface area contributed by atoms with Gasteiger partial charge in [0.15, 0.2) is 0 Å². The third-order valence-electron chi connectivity index (χ3n) is 1.66. The van der Waals surface area contributed by atoms with Crippen LogP contribution in [0.3, 0.4) is 0 Å². The molecule has 0 bridgehead atoms. The summed E-state index contributed by atoms with van der Waals surface area (Å²) < 4.78 is 0. The topological polar surface area (TPSA) is 12.0 Å². The Hall–Kier alpha value is -0.300. The van der Waals surface area contributed by atoms with E-state index in [0.717, 1.165) is 0 Å². The van der Waals surface area contributed by atoms with E-state index in [1.54, 1.807) is 0 Å². The molecule has 0 aliphatic carbocycles. The second-order valence-electron chi connectivity index (χ2n) is 2.50. The second kappa shape index (κ2) is 5.48. The number of nitrogens with one attached hydrogen (secondary N) is 1. The van der Waals surface area contributed by atoms with Gasteiger partial charge >= 0.3 is 0 Å². The first kappa shape index (κ1) is 9.70. The molecule has 1 nitrogen and oxygen atoms in total. The summed E-state index contributed by atoms with van der Waals surface area (Å²) in [6.07, 6.45) is 2.60. The molecule has 0 aromatic rings. The zero-order valence-electron chi connectivity index (χ0n) is 7.41. The Morgan fingerprint density at radius 3 is 2.30 bits per heavy atom. The van der Waals surface area contributed by atoms with Crippen LogP contribution in [0.15, 0.2) is 12.2 Å². The average molecular weight is 141 g/mol. The van der Waals surface area contributed by atoms with Crippen LogP contribution in [0.5, 0.6) is 0 Å². The van der Waals surface area contributed by atoms with Gasteiger partial charge in [-0.1, -0.05) is 26.0 Å². The van der Waals surface area contributed by atoms with Gasteiger partial charge in [0.05, 0.1) is 0 Å². The Kier molecular flexibility index (Phi) is 5.32. The molecule has 0 saturated carbocycles. The van der Waals surface area contributed by atoms with Crippen molar-refractivity contribution in [1.29, 1.82) is 0 Å². The van der Waals surface area contributed by atoms with Gasteiger partial charge in [0.2, 0.25) is 0 Å². The fraction of sp³-hybridized carbons (Fsp3) is 0.778. The van der Waals surface area contributed by atoms with E-state index in [9.17, 15) is 0 Å². The molecule has 10 heavy (non-hydrogen) atoms. The molecule has 1 aliphatic heterocycles. The van der Waals surface area contributed by atoms with Crippen LogP contribution in [0.1, 0.15) is 33.6 Å². The van der Waals surface area contributed by atoms with Crippen molar-refractivity contribution in [3.05, 3.63) is 12.2 Å². The molecular formula is C9H19N. The summed E-state index contributed by atoms with van der Waals surface area (Å²) in [6, 6.07) is 0.620. The number of hydrogen-bond acceptors (Lipinski definition) is 1. The molecule has 0 spiro atoms. The van der Waals surface area contributed by atoms with Gasteiger partial charge in [0.25, 0.3) is 0 Å². The lowest BCUT2D eigenvalue weighted by atomic mass is 10.1. The molecular weight excluding hydrogens is 122 g/mol. The van der Waals surface area contributed by atoms with Crippen molar-refractivity contribution in [2.45, 2.75) is 39.7 Å². The molecule has 1 fully saturated rings. The highest BCUT2D eigenvalue weighted by Gasteiger charge is 2.12. The molecule has 1 N–H and O–H groups in total. The normalized spacial score (nSPS) is 23.3. The van der Waals surface area contributed by atoms with E-state index in [2.05, 4.69) is 18.8 Å². The summed E-state index contributed by atoms with van der Waals surface area (Å²) in [5.74, 6) is 0. The van der Waals surface area contributed by atoms with Gasteiger partial charge in [-0.2, -0.15) is 0 Å². The van der Waals surface area contributed by atoms with E-state index in [4.69, 9.17) is 0 Å². The minimum absolute atomic E-state index is 0.620. The minimum atomic E-state index is 0.620. The summed E-state index contributed by atoms with van der Waals surface area (Å²) in [4.78, 5) is 0. The largest absolute Gasteiger partial charge is 0.310 e. The smallest absolute Gasteiger partial charge is 0.0274 e. The molecule has 0 unspecified atom stereocenters. The molecule has 0 aromatic heterocycles. The first-order valence-corrected chi connectivity index (χ1v) is 4.19. The van der Waals surface area contributed by atoms with Gasteiger partial charge in [-0.25, -0.2) is 0 Å². The van der Waals surface area contributed by atoms with Crippen molar-refractivity contribution in [3.63, 3.8) is 0 Å². The standard InChI is InChI=1S/C7H13N.C2H6/c1-6(2)7-4-3-5-8-7;1-2/h7-8H,1,3-5H2,2H3;1-2H3/t7-;/m0./s1. The summed E-state index contributed by atoms with van der Waals surface area (Å²) >= 11 is 0. The van der Waals surface area contributed by atoms with E-state index in [1.165, 1.54) is 25.0 Å². The first-order valence-electron chi connectivity index (χ1n) is 4.19. The molecule has 1 heterocycles. The maximum Gasteiger partial charge on any atom is 0.0274 e. The monoisotopic (exact) mass is 141 g/mol. The molecule has 60 valence electrons. The number of hydrogen-bond donors (Lipinski definition) is 1. The molecule has 1 heteroatoms. The van der Waals surface area contributed by atoms with E-state index in [-0.39, 0.29) is 0 Å². The van der Waals surface area contributed by atoms with E-state index < -0.39 is 0 Å². The third kappa shape index (κ3) is 3.02. The molecule has 0 aromatic carbocycles. The van der Waals surface area contributed by atoms with Gasteiger partial charge < -0.3 is 5.32 Å². The molecule has 0 radical (unpaired) electrons. The second-order valence-corrected chi connectivity index (χ2v) is 2.50.